The van der Waals surface area contributed by atoms with Gasteiger partial charge in [0.2, 0.25) is 11.8 Å². The molecule has 196 valence electrons. The minimum Gasteiger partial charge on any atom is -0.476 e. The first kappa shape index (κ1) is 24.7. The maximum Gasteiger partial charge on any atom is 0.216 e. The Bertz CT molecular complexity index is 1370. The standard InChI is InChI=1S/C33H30N2O4/c1-33(2,25-7-15-29(16-8-25)38-27-11-3-23(4-12-27)31-34-19-21-36-31)26-9-17-30(18-10-26)39-28-13-5-24(6-14-28)32-35-20-22-37-32/h3-18H,19-22H2,1-2H3. The van der Waals surface area contributed by atoms with Gasteiger partial charge in [0.25, 0.3) is 0 Å². The fourth-order valence-corrected chi connectivity index (χ4v) is 4.67. The van der Waals surface area contributed by atoms with Crippen molar-refractivity contribution in [1.29, 1.82) is 0 Å². The fourth-order valence-electron chi connectivity index (χ4n) is 4.67. The molecular weight excluding hydrogens is 488 g/mol. The number of ether oxygens (including phenoxy) is 4. The van der Waals surface area contributed by atoms with Gasteiger partial charge in [0.1, 0.15) is 36.2 Å². The number of hydrogen-bond acceptors (Lipinski definition) is 6. The van der Waals surface area contributed by atoms with Crippen LogP contribution in [-0.4, -0.2) is 38.1 Å². The lowest BCUT2D eigenvalue weighted by atomic mass is 9.78. The summed E-state index contributed by atoms with van der Waals surface area (Å²) in [6.45, 7) is 7.17. The molecule has 0 unspecified atom stereocenters. The third-order valence-electron chi connectivity index (χ3n) is 7.00. The number of hydrogen-bond donors (Lipinski definition) is 0. The Hall–Kier alpha value is -4.58. The molecule has 0 radical (unpaired) electrons. The Morgan fingerprint density at radius 3 is 1.15 bits per heavy atom. The number of benzene rings is 4. The number of rotatable bonds is 8. The second-order valence-corrected chi connectivity index (χ2v) is 10.00. The molecule has 6 rings (SSSR count). The Morgan fingerprint density at radius 1 is 0.513 bits per heavy atom. The zero-order valence-electron chi connectivity index (χ0n) is 22.1. The average molecular weight is 519 g/mol. The van der Waals surface area contributed by atoms with Crippen molar-refractivity contribution in [3.63, 3.8) is 0 Å². The first-order valence-electron chi connectivity index (χ1n) is 13.2. The van der Waals surface area contributed by atoms with E-state index in [2.05, 4.69) is 48.1 Å². The van der Waals surface area contributed by atoms with Crippen molar-refractivity contribution >= 4 is 11.8 Å². The maximum absolute atomic E-state index is 6.07. The van der Waals surface area contributed by atoms with Crippen molar-refractivity contribution in [1.82, 2.24) is 0 Å². The third kappa shape index (κ3) is 5.50. The van der Waals surface area contributed by atoms with Crippen LogP contribution in [0, 0.1) is 0 Å². The second-order valence-electron chi connectivity index (χ2n) is 10.00. The van der Waals surface area contributed by atoms with E-state index < -0.39 is 0 Å². The molecular formula is C33H30N2O4. The van der Waals surface area contributed by atoms with Gasteiger partial charge in [-0.25, -0.2) is 9.98 Å². The summed E-state index contributed by atoms with van der Waals surface area (Å²) in [5.74, 6) is 4.53. The van der Waals surface area contributed by atoms with Gasteiger partial charge in [0, 0.05) is 16.5 Å². The summed E-state index contributed by atoms with van der Waals surface area (Å²) in [4.78, 5) is 8.71. The summed E-state index contributed by atoms with van der Waals surface area (Å²) in [7, 11) is 0. The highest BCUT2D eigenvalue weighted by Gasteiger charge is 2.23. The first-order chi connectivity index (χ1) is 19.0. The molecule has 6 heteroatoms. The van der Waals surface area contributed by atoms with Crippen LogP contribution in [0.5, 0.6) is 23.0 Å². The van der Waals surface area contributed by atoms with Crippen molar-refractivity contribution in [2.75, 3.05) is 26.3 Å². The van der Waals surface area contributed by atoms with Crippen molar-refractivity contribution in [2.24, 2.45) is 9.98 Å². The average Bonchev–Trinajstić information content (AvgIpc) is 3.70. The highest BCUT2D eigenvalue weighted by atomic mass is 16.5. The topological polar surface area (TPSA) is 61.6 Å². The van der Waals surface area contributed by atoms with Gasteiger partial charge in [-0.05, 0) is 83.9 Å². The molecule has 0 N–H and O–H groups in total. The van der Waals surface area contributed by atoms with Crippen LogP contribution >= 0.6 is 0 Å². The van der Waals surface area contributed by atoms with Crippen molar-refractivity contribution in [3.05, 3.63) is 119 Å². The smallest absolute Gasteiger partial charge is 0.216 e. The lowest BCUT2D eigenvalue weighted by Gasteiger charge is -2.26. The number of aliphatic imine (C=N–C) groups is 2. The van der Waals surface area contributed by atoms with Gasteiger partial charge in [-0.2, -0.15) is 0 Å². The summed E-state index contributed by atoms with van der Waals surface area (Å²) in [5.41, 5.74) is 4.14. The van der Waals surface area contributed by atoms with Gasteiger partial charge in [-0.3, -0.25) is 0 Å². The third-order valence-corrected chi connectivity index (χ3v) is 7.00. The second kappa shape index (κ2) is 10.7. The van der Waals surface area contributed by atoms with Crippen molar-refractivity contribution in [3.8, 4) is 23.0 Å². The predicted molar refractivity (Wildman–Crippen MR) is 153 cm³/mol. The molecule has 2 aliphatic heterocycles. The molecule has 0 atom stereocenters. The lowest BCUT2D eigenvalue weighted by molar-refractivity contribution is 0.348. The van der Waals surface area contributed by atoms with Gasteiger partial charge >= 0.3 is 0 Å². The minimum atomic E-state index is -0.190. The van der Waals surface area contributed by atoms with E-state index in [0.717, 1.165) is 47.2 Å². The van der Waals surface area contributed by atoms with Crippen molar-refractivity contribution in [2.45, 2.75) is 19.3 Å². The molecule has 0 saturated heterocycles. The van der Waals surface area contributed by atoms with E-state index in [1.54, 1.807) is 0 Å². The Labute approximate surface area is 228 Å². The summed E-state index contributed by atoms with van der Waals surface area (Å²) in [5, 5.41) is 0. The van der Waals surface area contributed by atoms with Crippen LogP contribution in [0.4, 0.5) is 0 Å². The zero-order valence-corrected chi connectivity index (χ0v) is 22.1. The molecule has 6 nitrogen and oxygen atoms in total. The summed E-state index contributed by atoms with van der Waals surface area (Å²) in [6.07, 6.45) is 0. The van der Waals surface area contributed by atoms with E-state index in [1.807, 2.05) is 72.8 Å². The molecule has 0 spiro atoms. The first-order valence-corrected chi connectivity index (χ1v) is 13.2. The summed E-state index contributed by atoms with van der Waals surface area (Å²) in [6, 6.07) is 32.2. The van der Waals surface area contributed by atoms with Crippen LogP contribution in [0.1, 0.15) is 36.1 Å². The van der Waals surface area contributed by atoms with E-state index in [-0.39, 0.29) is 5.41 Å². The van der Waals surface area contributed by atoms with Crippen LogP contribution < -0.4 is 9.47 Å². The summed E-state index contributed by atoms with van der Waals surface area (Å²) >= 11 is 0. The Kier molecular flexibility index (Phi) is 6.76. The van der Waals surface area contributed by atoms with E-state index in [0.29, 0.717) is 25.0 Å². The largest absolute Gasteiger partial charge is 0.476 e. The van der Waals surface area contributed by atoms with Crippen LogP contribution in [0.15, 0.2) is 107 Å². The SMILES string of the molecule is CC(C)(c1ccc(Oc2ccc(C3=NCCO3)cc2)cc1)c1ccc(Oc2ccc(C3=NCCO3)cc2)cc1. The van der Waals surface area contributed by atoms with Gasteiger partial charge in [0.15, 0.2) is 0 Å². The fraction of sp³-hybridized carbons (Fsp3) is 0.212. The Balaban J connectivity index is 1.09. The normalized spacial score (nSPS) is 14.7. The van der Waals surface area contributed by atoms with Gasteiger partial charge in [0.05, 0.1) is 13.1 Å². The molecule has 4 aromatic rings. The molecule has 2 aliphatic rings. The molecule has 0 bridgehead atoms. The number of nitrogens with zero attached hydrogens (tertiary/aromatic N) is 2. The molecule has 0 amide bonds. The highest BCUT2D eigenvalue weighted by Crippen LogP contribution is 2.35. The molecule has 4 aromatic carbocycles. The summed E-state index contributed by atoms with van der Waals surface area (Å²) < 4.78 is 23.2. The predicted octanol–water partition coefficient (Wildman–Crippen LogP) is 7.15. The molecule has 2 heterocycles. The highest BCUT2D eigenvalue weighted by molar-refractivity contribution is 5.95. The molecule has 0 aromatic heterocycles. The van der Waals surface area contributed by atoms with Crippen LogP contribution in [-0.2, 0) is 14.9 Å². The van der Waals surface area contributed by atoms with E-state index in [1.165, 1.54) is 11.1 Å². The van der Waals surface area contributed by atoms with Crippen LogP contribution in [0.3, 0.4) is 0 Å². The van der Waals surface area contributed by atoms with E-state index in [9.17, 15) is 0 Å². The van der Waals surface area contributed by atoms with Gasteiger partial charge < -0.3 is 18.9 Å². The van der Waals surface area contributed by atoms with Crippen LogP contribution in [0.25, 0.3) is 0 Å². The maximum atomic E-state index is 6.07. The van der Waals surface area contributed by atoms with Crippen LogP contribution in [0.2, 0.25) is 0 Å². The Morgan fingerprint density at radius 2 is 0.846 bits per heavy atom. The molecule has 39 heavy (non-hydrogen) atoms. The quantitative estimate of drug-likeness (QED) is 0.249. The monoisotopic (exact) mass is 518 g/mol. The van der Waals surface area contributed by atoms with Gasteiger partial charge in [-0.1, -0.05) is 38.1 Å². The molecule has 0 aliphatic carbocycles. The molecule has 0 saturated carbocycles. The van der Waals surface area contributed by atoms with Crippen molar-refractivity contribution < 1.29 is 18.9 Å². The molecule has 0 fully saturated rings. The minimum absolute atomic E-state index is 0.190. The van der Waals surface area contributed by atoms with E-state index >= 15 is 0 Å². The lowest BCUT2D eigenvalue weighted by Crippen LogP contribution is -2.18. The van der Waals surface area contributed by atoms with E-state index in [4.69, 9.17) is 18.9 Å². The zero-order chi connectivity index (χ0) is 26.7. The van der Waals surface area contributed by atoms with Gasteiger partial charge in [-0.15, -0.1) is 0 Å².